The Morgan fingerprint density at radius 3 is 2.62 bits per heavy atom. The van der Waals surface area contributed by atoms with E-state index >= 15 is 0 Å². The van der Waals surface area contributed by atoms with Crippen molar-refractivity contribution in [2.45, 2.75) is 26.0 Å². The largest absolute Gasteiger partial charge is 0.493 e. The number of ether oxygens (including phenoxy) is 3. The van der Waals surface area contributed by atoms with Gasteiger partial charge in [-0.05, 0) is 47.7 Å². The van der Waals surface area contributed by atoms with Crippen LogP contribution in [0.1, 0.15) is 34.1 Å². The lowest BCUT2D eigenvalue weighted by Gasteiger charge is -2.30. The standard InChI is InChI=1S/C25H25N3O5S/c1-4-19-23(16-11-12-20(31-2)21(14-16)32-3)27-28(25(30)33-19)15-17-8-5-6-9-18(17)26-24(29)22-10-7-13-34-22/h5-14,19H,4,15H2,1-3H3,(H,26,29). The highest BCUT2D eigenvalue weighted by molar-refractivity contribution is 7.12. The summed E-state index contributed by atoms with van der Waals surface area (Å²) in [5, 5.41) is 10.7. The van der Waals surface area contributed by atoms with Crippen LogP contribution in [0.3, 0.4) is 0 Å². The van der Waals surface area contributed by atoms with Crippen LogP contribution in [0, 0.1) is 0 Å². The minimum absolute atomic E-state index is 0.132. The molecule has 2 aromatic carbocycles. The molecule has 34 heavy (non-hydrogen) atoms. The van der Waals surface area contributed by atoms with Gasteiger partial charge < -0.3 is 19.5 Å². The Hall–Kier alpha value is -3.85. The van der Waals surface area contributed by atoms with Crippen LogP contribution in [0.15, 0.2) is 65.1 Å². The molecule has 1 aromatic heterocycles. The second kappa shape index (κ2) is 10.4. The zero-order chi connectivity index (χ0) is 24.1. The molecule has 0 saturated carbocycles. The number of carbonyl (C=O) groups is 2. The molecule has 1 aliphatic rings. The van der Waals surface area contributed by atoms with Crippen molar-refractivity contribution in [1.29, 1.82) is 0 Å². The third kappa shape index (κ3) is 4.89. The number of nitrogens with zero attached hydrogens (tertiary/aromatic N) is 2. The molecule has 0 fully saturated rings. The van der Waals surface area contributed by atoms with E-state index in [-0.39, 0.29) is 12.5 Å². The van der Waals surface area contributed by atoms with Crippen LogP contribution in [-0.2, 0) is 11.3 Å². The van der Waals surface area contributed by atoms with Crippen molar-refractivity contribution in [1.82, 2.24) is 5.01 Å². The second-order valence-corrected chi connectivity index (χ2v) is 8.43. The summed E-state index contributed by atoms with van der Waals surface area (Å²) in [7, 11) is 3.14. The van der Waals surface area contributed by atoms with E-state index in [4.69, 9.17) is 14.2 Å². The molecule has 3 aromatic rings. The van der Waals surface area contributed by atoms with E-state index in [0.29, 0.717) is 34.2 Å². The van der Waals surface area contributed by atoms with Crippen LogP contribution in [0.25, 0.3) is 0 Å². The molecule has 2 amide bonds. The fourth-order valence-corrected chi connectivity index (χ4v) is 4.24. The average Bonchev–Trinajstić information content (AvgIpc) is 3.41. The highest BCUT2D eigenvalue weighted by Gasteiger charge is 2.31. The molecule has 4 rings (SSSR count). The van der Waals surface area contributed by atoms with Crippen LogP contribution < -0.4 is 14.8 Å². The van der Waals surface area contributed by atoms with Crippen molar-refractivity contribution < 1.29 is 23.8 Å². The predicted molar refractivity (Wildman–Crippen MR) is 131 cm³/mol. The maximum atomic E-state index is 12.8. The second-order valence-electron chi connectivity index (χ2n) is 7.48. The van der Waals surface area contributed by atoms with Crippen LogP contribution in [0.4, 0.5) is 10.5 Å². The first kappa shape index (κ1) is 23.3. The molecule has 0 bridgehead atoms. The lowest BCUT2D eigenvalue weighted by atomic mass is 10.0. The molecule has 1 unspecified atom stereocenters. The Morgan fingerprint density at radius 2 is 1.91 bits per heavy atom. The molecule has 8 nitrogen and oxygen atoms in total. The zero-order valence-electron chi connectivity index (χ0n) is 19.1. The van der Waals surface area contributed by atoms with Gasteiger partial charge >= 0.3 is 6.09 Å². The van der Waals surface area contributed by atoms with Gasteiger partial charge in [-0.3, -0.25) is 4.79 Å². The molecule has 0 aliphatic carbocycles. The van der Waals surface area contributed by atoms with E-state index in [9.17, 15) is 9.59 Å². The first-order valence-electron chi connectivity index (χ1n) is 10.8. The molecular weight excluding hydrogens is 454 g/mol. The first-order chi connectivity index (χ1) is 16.5. The fourth-order valence-electron chi connectivity index (χ4n) is 3.62. The summed E-state index contributed by atoms with van der Waals surface area (Å²) in [5.41, 5.74) is 2.72. The Balaban J connectivity index is 1.63. The summed E-state index contributed by atoms with van der Waals surface area (Å²) in [5.74, 6) is 0.951. The number of rotatable bonds is 8. The molecule has 2 heterocycles. The summed E-state index contributed by atoms with van der Waals surface area (Å²) < 4.78 is 16.4. The zero-order valence-corrected chi connectivity index (χ0v) is 19.9. The monoisotopic (exact) mass is 479 g/mol. The number of para-hydroxylation sites is 1. The van der Waals surface area contributed by atoms with Crippen molar-refractivity contribution >= 4 is 34.7 Å². The number of thiophene rings is 1. The first-order valence-corrected chi connectivity index (χ1v) is 11.6. The van der Waals surface area contributed by atoms with Crippen molar-refractivity contribution in [2.24, 2.45) is 5.10 Å². The van der Waals surface area contributed by atoms with Crippen molar-refractivity contribution in [3.05, 3.63) is 76.0 Å². The van der Waals surface area contributed by atoms with E-state index in [1.165, 1.54) is 16.3 Å². The van der Waals surface area contributed by atoms with Gasteiger partial charge in [0.05, 0.1) is 25.6 Å². The SMILES string of the molecule is CCC1OC(=O)N(Cc2ccccc2NC(=O)c2cccs2)N=C1c1ccc(OC)c(OC)c1. The van der Waals surface area contributed by atoms with Gasteiger partial charge in [-0.25, -0.2) is 4.79 Å². The summed E-state index contributed by atoms with van der Waals surface area (Å²) in [6, 6.07) is 16.4. The Kier molecular flexibility index (Phi) is 7.12. The van der Waals surface area contributed by atoms with E-state index < -0.39 is 12.2 Å². The molecule has 176 valence electrons. The summed E-state index contributed by atoms with van der Waals surface area (Å²) >= 11 is 1.36. The quantitative estimate of drug-likeness (QED) is 0.482. The third-order valence-corrected chi connectivity index (χ3v) is 6.24. The summed E-state index contributed by atoms with van der Waals surface area (Å²) in [6.07, 6.45) is -0.466. The van der Waals surface area contributed by atoms with E-state index in [0.717, 1.165) is 11.1 Å². The van der Waals surface area contributed by atoms with Gasteiger partial charge in [0.1, 0.15) is 11.8 Å². The number of hydrazone groups is 1. The van der Waals surface area contributed by atoms with Crippen molar-refractivity contribution in [2.75, 3.05) is 19.5 Å². The highest BCUT2D eigenvalue weighted by Crippen LogP contribution is 2.30. The smallest absolute Gasteiger partial charge is 0.431 e. The molecule has 1 aliphatic heterocycles. The number of carbonyl (C=O) groups excluding carboxylic acids is 2. The van der Waals surface area contributed by atoms with E-state index in [1.54, 1.807) is 32.4 Å². The number of benzene rings is 2. The highest BCUT2D eigenvalue weighted by atomic mass is 32.1. The predicted octanol–water partition coefficient (Wildman–Crippen LogP) is 5.15. The molecule has 0 radical (unpaired) electrons. The number of methoxy groups -OCH3 is 2. The van der Waals surface area contributed by atoms with Gasteiger partial charge in [-0.1, -0.05) is 31.2 Å². The van der Waals surface area contributed by atoms with Crippen LogP contribution in [0.2, 0.25) is 0 Å². The fraction of sp³-hybridized carbons (Fsp3) is 0.240. The molecule has 0 spiro atoms. The average molecular weight is 480 g/mol. The van der Waals surface area contributed by atoms with Gasteiger partial charge in [0, 0.05) is 11.3 Å². The summed E-state index contributed by atoms with van der Waals surface area (Å²) in [4.78, 5) is 25.9. The molecule has 1 atom stereocenters. The molecular formula is C25H25N3O5S. The Bertz CT molecular complexity index is 1210. The van der Waals surface area contributed by atoms with Gasteiger partial charge in [0.15, 0.2) is 11.5 Å². The lowest BCUT2D eigenvalue weighted by molar-refractivity contribution is 0.0713. The topological polar surface area (TPSA) is 89.5 Å². The van der Waals surface area contributed by atoms with Gasteiger partial charge in [-0.15, -0.1) is 11.3 Å². The van der Waals surface area contributed by atoms with Crippen molar-refractivity contribution in [3.63, 3.8) is 0 Å². The summed E-state index contributed by atoms with van der Waals surface area (Å²) in [6.45, 7) is 2.06. The molecule has 0 saturated heterocycles. The maximum Gasteiger partial charge on any atom is 0.431 e. The van der Waals surface area contributed by atoms with E-state index in [1.807, 2.05) is 48.7 Å². The van der Waals surface area contributed by atoms with Crippen LogP contribution in [0.5, 0.6) is 11.5 Å². The molecule has 1 N–H and O–H groups in total. The third-order valence-electron chi connectivity index (χ3n) is 5.37. The Morgan fingerprint density at radius 1 is 1.12 bits per heavy atom. The van der Waals surface area contributed by atoms with Gasteiger partial charge in [0.25, 0.3) is 5.91 Å². The molecule has 9 heteroatoms. The van der Waals surface area contributed by atoms with Crippen molar-refractivity contribution in [3.8, 4) is 11.5 Å². The number of amides is 2. The van der Waals surface area contributed by atoms with Gasteiger partial charge in [0.2, 0.25) is 0 Å². The lowest BCUT2D eigenvalue weighted by Crippen LogP contribution is -2.41. The van der Waals surface area contributed by atoms with Crippen LogP contribution >= 0.6 is 11.3 Å². The van der Waals surface area contributed by atoms with Gasteiger partial charge in [-0.2, -0.15) is 10.1 Å². The minimum atomic E-state index is -0.546. The number of hydrogen-bond acceptors (Lipinski definition) is 7. The number of cyclic esters (lactones) is 1. The Labute approximate surface area is 201 Å². The normalized spacial score (nSPS) is 15.4. The van der Waals surface area contributed by atoms with E-state index in [2.05, 4.69) is 10.4 Å². The number of anilines is 1. The minimum Gasteiger partial charge on any atom is -0.493 e. The number of nitrogens with one attached hydrogen (secondary N) is 1. The number of hydrogen-bond donors (Lipinski definition) is 1. The maximum absolute atomic E-state index is 12.8. The van der Waals surface area contributed by atoms with Crippen LogP contribution in [-0.4, -0.2) is 43.0 Å².